The monoisotopic (exact) mass is 269 g/mol. The highest BCUT2D eigenvalue weighted by Gasteiger charge is 2.15. The Morgan fingerprint density at radius 1 is 1.56 bits per heavy atom. The average molecular weight is 270 g/mol. The smallest absolute Gasteiger partial charge is 0.279 e. The van der Waals surface area contributed by atoms with Gasteiger partial charge in [-0.05, 0) is 13.0 Å². The molecule has 7 heteroatoms. The molecule has 5 nitrogen and oxygen atoms in total. The van der Waals surface area contributed by atoms with E-state index in [4.69, 9.17) is 0 Å². The van der Waals surface area contributed by atoms with Crippen molar-refractivity contribution in [3.8, 4) is 0 Å². The molecule has 0 amide bonds. The molecule has 0 aromatic carbocycles. The number of rotatable bonds is 5. The Kier molecular flexibility index (Phi) is 7.17. The summed E-state index contributed by atoms with van der Waals surface area (Å²) in [5.41, 5.74) is 1.15. The van der Waals surface area contributed by atoms with Crippen molar-refractivity contribution in [1.82, 2.24) is 14.3 Å². The molecule has 16 heavy (non-hydrogen) atoms. The molecule has 0 atom stereocenters. The molecule has 0 spiro atoms. The Bertz CT molecular complexity index is 330. The van der Waals surface area contributed by atoms with E-state index >= 15 is 0 Å². The van der Waals surface area contributed by atoms with Gasteiger partial charge in [0.25, 0.3) is 10.2 Å². The van der Waals surface area contributed by atoms with Crippen molar-refractivity contribution >= 4 is 22.6 Å². The SMILES string of the molecule is CCN(C)S(=O)(=O)NCC1=CCNCC1.Cl. The molecule has 0 fully saturated rings. The molecule has 2 N–H and O–H groups in total. The molecule has 1 rings (SSSR count). The van der Waals surface area contributed by atoms with Crippen molar-refractivity contribution in [2.45, 2.75) is 13.3 Å². The highest BCUT2D eigenvalue weighted by Crippen LogP contribution is 2.03. The maximum Gasteiger partial charge on any atom is 0.279 e. The van der Waals surface area contributed by atoms with Crippen molar-refractivity contribution in [3.05, 3.63) is 11.6 Å². The largest absolute Gasteiger partial charge is 0.313 e. The minimum Gasteiger partial charge on any atom is -0.313 e. The number of hydrogen-bond donors (Lipinski definition) is 2. The molecule has 0 bridgehead atoms. The van der Waals surface area contributed by atoms with Crippen LogP contribution >= 0.6 is 12.4 Å². The highest BCUT2D eigenvalue weighted by molar-refractivity contribution is 7.87. The van der Waals surface area contributed by atoms with Crippen molar-refractivity contribution < 1.29 is 8.42 Å². The molecular weight excluding hydrogens is 250 g/mol. The van der Waals surface area contributed by atoms with E-state index in [2.05, 4.69) is 10.0 Å². The van der Waals surface area contributed by atoms with Crippen LogP contribution in [0.15, 0.2) is 11.6 Å². The topological polar surface area (TPSA) is 61.4 Å². The van der Waals surface area contributed by atoms with E-state index in [0.29, 0.717) is 13.1 Å². The van der Waals surface area contributed by atoms with Crippen LogP contribution in [0.1, 0.15) is 13.3 Å². The summed E-state index contributed by atoms with van der Waals surface area (Å²) in [6, 6.07) is 0. The first kappa shape index (κ1) is 15.9. The molecule has 0 aromatic heterocycles. The minimum atomic E-state index is -3.29. The summed E-state index contributed by atoms with van der Waals surface area (Å²) in [6.07, 6.45) is 2.95. The molecular formula is C9H20ClN3O2S. The first-order valence-electron chi connectivity index (χ1n) is 5.16. The summed E-state index contributed by atoms with van der Waals surface area (Å²) >= 11 is 0. The van der Waals surface area contributed by atoms with Gasteiger partial charge in [-0.2, -0.15) is 17.4 Å². The third-order valence-corrected chi connectivity index (χ3v) is 4.08. The van der Waals surface area contributed by atoms with Crippen molar-refractivity contribution in [3.63, 3.8) is 0 Å². The molecule has 96 valence electrons. The third-order valence-electron chi connectivity index (χ3n) is 2.50. The highest BCUT2D eigenvalue weighted by atomic mass is 35.5. The van der Waals surface area contributed by atoms with Gasteiger partial charge < -0.3 is 5.32 Å². The Hall–Kier alpha value is -0.140. The number of nitrogens with one attached hydrogen (secondary N) is 2. The predicted molar refractivity (Wildman–Crippen MR) is 68.0 cm³/mol. The fraction of sp³-hybridized carbons (Fsp3) is 0.778. The van der Waals surface area contributed by atoms with Gasteiger partial charge in [0.05, 0.1) is 0 Å². The Labute approximate surface area is 104 Å². The fourth-order valence-electron chi connectivity index (χ4n) is 1.29. The summed E-state index contributed by atoms with van der Waals surface area (Å²) in [7, 11) is -1.72. The minimum absolute atomic E-state index is 0. The zero-order valence-electron chi connectivity index (χ0n) is 9.69. The number of hydrogen-bond acceptors (Lipinski definition) is 3. The second-order valence-corrected chi connectivity index (χ2v) is 5.42. The van der Waals surface area contributed by atoms with Crippen LogP contribution in [0.2, 0.25) is 0 Å². The van der Waals surface area contributed by atoms with E-state index in [0.717, 1.165) is 25.1 Å². The number of halogens is 1. The van der Waals surface area contributed by atoms with Crippen LogP contribution in [0.5, 0.6) is 0 Å². The lowest BCUT2D eigenvalue weighted by molar-refractivity contribution is 0.475. The molecule has 0 aromatic rings. The summed E-state index contributed by atoms with van der Waals surface area (Å²) in [4.78, 5) is 0. The first-order valence-corrected chi connectivity index (χ1v) is 6.60. The van der Waals surface area contributed by atoms with Gasteiger partial charge in [0, 0.05) is 26.7 Å². The van der Waals surface area contributed by atoms with Crippen molar-refractivity contribution in [2.75, 3.05) is 33.2 Å². The molecule has 1 heterocycles. The molecule has 0 saturated carbocycles. The van der Waals surface area contributed by atoms with Crippen LogP contribution in [0, 0.1) is 0 Å². The van der Waals surface area contributed by atoms with Crippen LogP contribution in [-0.4, -0.2) is 45.9 Å². The fourth-order valence-corrected chi connectivity index (χ4v) is 2.22. The maximum atomic E-state index is 11.6. The van der Waals surface area contributed by atoms with E-state index in [-0.39, 0.29) is 12.4 Å². The standard InChI is InChI=1S/C9H19N3O2S.ClH/c1-3-12(2)15(13,14)11-8-9-4-6-10-7-5-9;/h4,10-11H,3,5-8H2,1-2H3;1H. The zero-order valence-corrected chi connectivity index (χ0v) is 11.3. The Balaban J connectivity index is 0.00000225. The second-order valence-electron chi connectivity index (χ2n) is 3.56. The normalized spacial score (nSPS) is 16.8. The lowest BCUT2D eigenvalue weighted by Gasteiger charge is -2.18. The van der Waals surface area contributed by atoms with Gasteiger partial charge >= 0.3 is 0 Å². The molecule has 1 aliphatic heterocycles. The van der Waals surface area contributed by atoms with E-state index in [1.165, 1.54) is 4.31 Å². The molecule has 0 unspecified atom stereocenters. The van der Waals surface area contributed by atoms with Crippen LogP contribution in [-0.2, 0) is 10.2 Å². The summed E-state index contributed by atoms with van der Waals surface area (Å²) in [5.74, 6) is 0. The Morgan fingerprint density at radius 3 is 2.75 bits per heavy atom. The maximum absolute atomic E-state index is 11.6. The van der Waals surface area contributed by atoms with E-state index in [1.54, 1.807) is 7.05 Å². The molecule has 1 aliphatic rings. The van der Waals surface area contributed by atoms with Crippen LogP contribution in [0.4, 0.5) is 0 Å². The van der Waals surface area contributed by atoms with Crippen molar-refractivity contribution in [1.29, 1.82) is 0 Å². The van der Waals surface area contributed by atoms with Crippen LogP contribution < -0.4 is 10.0 Å². The Morgan fingerprint density at radius 2 is 2.25 bits per heavy atom. The summed E-state index contributed by atoms with van der Waals surface area (Å²) < 4.78 is 27.0. The van der Waals surface area contributed by atoms with Gasteiger partial charge in [-0.3, -0.25) is 0 Å². The van der Waals surface area contributed by atoms with E-state index in [1.807, 2.05) is 13.0 Å². The average Bonchev–Trinajstić information content (AvgIpc) is 2.27. The zero-order chi connectivity index (χ0) is 11.3. The predicted octanol–water partition coefficient (Wildman–Crippen LogP) is 0.114. The second kappa shape index (κ2) is 7.24. The van der Waals surface area contributed by atoms with Crippen LogP contribution in [0.25, 0.3) is 0 Å². The molecule has 0 radical (unpaired) electrons. The van der Waals surface area contributed by atoms with Gasteiger partial charge in [-0.15, -0.1) is 12.4 Å². The van der Waals surface area contributed by atoms with Gasteiger partial charge in [0.1, 0.15) is 0 Å². The lowest BCUT2D eigenvalue weighted by Crippen LogP contribution is -2.39. The summed E-state index contributed by atoms with van der Waals surface area (Å²) in [5, 5.41) is 3.18. The van der Waals surface area contributed by atoms with Crippen LogP contribution in [0.3, 0.4) is 0 Å². The van der Waals surface area contributed by atoms with Gasteiger partial charge in [-0.25, -0.2) is 0 Å². The summed E-state index contributed by atoms with van der Waals surface area (Å²) in [6.45, 7) is 4.48. The van der Waals surface area contributed by atoms with Crippen molar-refractivity contribution in [2.24, 2.45) is 0 Å². The van der Waals surface area contributed by atoms with Gasteiger partial charge in [0.2, 0.25) is 0 Å². The quantitative estimate of drug-likeness (QED) is 0.697. The molecule has 0 saturated heterocycles. The molecule has 0 aliphatic carbocycles. The third kappa shape index (κ3) is 4.80. The van der Waals surface area contributed by atoms with Gasteiger partial charge in [-0.1, -0.05) is 18.6 Å². The van der Waals surface area contributed by atoms with E-state index < -0.39 is 10.2 Å². The number of nitrogens with zero attached hydrogens (tertiary/aromatic N) is 1. The van der Waals surface area contributed by atoms with E-state index in [9.17, 15) is 8.42 Å². The first-order chi connectivity index (χ1) is 7.06. The lowest BCUT2D eigenvalue weighted by atomic mass is 10.1. The van der Waals surface area contributed by atoms with Gasteiger partial charge in [0.15, 0.2) is 0 Å².